The van der Waals surface area contributed by atoms with Crippen LogP contribution in [0.3, 0.4) is 0 Å². The van der Waals surface area contributed by atoms with Gasteiger partial charge >= 0.3 is 0 Å². The molecule has 2 heterocycles. The van der Waals surface area contributed by atoms with E-state index < -0.39 is 0 Å². The normalized spacial score (nSPS) is 15.6. The number of rotatable bonds is 4. The summed E-state index contributed by atoms with van der Waals surface area (Å²) in [6.07, 6.45) is 2.69. The van der Waals surface area contributed by atoms with E-state index >= 15 is 0 Å². The highest BCUT2D eigenvalue weighted by atomic mass is 16.5. The van der Waals surface area contributed by atoms with Gasteiger partial charge in [0.1, 0.15) is 5.75 Å². The smallest absolute Gasteiger partial charge is 0.180 e. The van der Waals surface area contributed by atoms with Crippen LogP contribution in [0.2, 0.25) is 0 Å². The first-order valence-electron chi connectivity index (χ1n) is 10.6. The number of aryl methyl sites for hydroxylation is 1. The van der Waals surface area contributed by atoms with Crippen LogP contribution >= 0.6 is 0 Å². The van der Waals surface area contributed by atoms with Gasteiger partial charge in [-0.1, -0.05) is 61.9 Å². The second kappa shape index (κ2) is 7.49. The highest BCUT2D eigenvalue weighted by Crippen LogP contribution is 2.43. The molecular formula is C27H26N2O. The lowest BCUT2D eigenvalue weighted by Crippen LogP contribution is -2.33. The molecule has 150 valence electrons. The molecule has 1 aromatic heterocycles. The van der Waals surface area contributed by atoms with Crippen molar-refractivity contribution in [3.05, 3.63) is 95.7 Å². The summed E-state index contributed by atoms with van der Waals surface area (Å²) < 4.78 is 6.50. The molecule has 0 radical (unpaired) electrons. The molecule has 0 bridgehead atoms. The molecule has 0 saturated carbocycles. The number of ether oxygens (including phenoxy) is 1. The molecule has 1 atom stereocenters. The molecule has 3 heteroatoms. The van der Waals surface area contributed by atoms with Crippen LogP contribution in [-0.4, -0.2) is 11.2 Å². The molecule has 5 rings (SSSR count). The Morgan fingerprint density at radius 2 is 1.67 bits per heavy atom. The van der Waals surface area contributed by atoms with Crippen LogP contribution in [0.1, 0.15) is 36.5 Å². The fraction of sp³-hybridized carbons (Fsp3) is 0.222. The number of para-hydroxylation sites is 1. The van der Waals surface area contributed by atoms with E-state index in [1.54, 1.807) is 0 Å². The highest BCUT2D eigenvalue weighted by molar-refractivity contribution is 5.96. The molecule has 0 N–H and O–H groups in total. The Kier molecular flexibility index (Phi) is 4.66. The van der Waals surface area contributed by atoms with Crippen LogP contribution in [-0.2, 0) is 6.42 Å². The molecule has 0 aliphatic carbocycles. The molecule has 0 amide bonds. The van der Waals surface area contributed by atoms with Crippen LogP contribution in [0, 0.1) is 6.92 Å². The summed E-state index contributed by atoms with van der Waals surface area (Å²) in [4.78, 5) is 7.03. The summed E-state index contributed by atoms with van der Waals surface area (Å²) in [5, 5.41) is 1.16. The average Bonchev–Trinajstić information content (AvgIpc) is 3.14. The third-order valence-corrected chi connectivity index (χ3v) is 5.88. The van der Waals surface area contributed by atoms with Gasteiger partial charge in [-0.15, -0.1) is 0 Å². The quantitative estimate of drug-likeness (QED) is 0.382. The summed E-state index contributed by atoms with van der Waals surface area (Å²) in [5.41, 5.74) is 7.15. The lowest BCUT2D eigenvalue weighted by Gasteiger charge is -2.29. The predicted molar refractivity (Wildman–Crippen MR) is 124 cm³/mol. The van der Waals surface area contributed by atoms with E-state index in [-0.39, 0.29) is 6.23 Å². The Balaban J connectivity index is 1.61. The summed E-state index contributed by atoms with van der Waals surface area (Å²) >= 11 is 0. The first-order valence-corrected chi connectivity index (χ1v) is 10.6. The van der Waals surface area contributed by atoms with E-state index in [0.717, 1.165) is 28.8 Å². The molecule has 3 nitrogen and oxygen atoms in total. The van der Waals surface area contributed by atoms with E-state index in [0.29, 0.717) is 5.92 Å². The first kappa shape index (κ1) is 18.7. The molecule has 0 fully saturated rings. The maximum absolute atomic E-state index is 6.50. The maximum Gasteiger partial charge on any atom is 0.180 e. The van der Waals surface area contributed by atoms with Crippen molar-refractivity contribution in [2.24, 2.45) is 0 Å². The van der Waals surface area contributed by atoms with E-state index in [1.807, 2.05) is 12.3 Å². The summed E-state index contributed by atoms with van der Waals surface area (Å²) in [6, 6.07) is 25.5. The van der Waals surface area contributed by atoms with Crippen molar-refractivity contribution < 1.29 is 4.74 Å². The number of anilines is 2. The number of hydrogen-bond acceptors (Lipinski definition) is 3. The van der Waals surface area contributed by atoms with E-state index in [9.17, 15) is 0 Å². The zero-order valence-electron chi connectivity index (χ0n) is 17.7. The Bertz CT molecular complexity index is 1180. The molecule has 4 aromatic rings. The van der Waals surface area contributed by atoms with Gasteiger partial charge < -0.3 is 9.64 Å². The van der Waals surface area contributed by atoms with E-state index in [4.69, 9.17) is 4.74 Å². The van der Waals surface area contributed by atoms with Crippen LogP contribution in [0.25, 0.3) is 10.9 Å². The minimum atomic E-state index is -0.111. The van der Waals surface area contributed by atoms with Gasteiger partial charge in [0.05, 0.1) is 11.2 Å². The first-order chi connectivity index (χ1) is 14.6. The van der Waals surface area contributed by atoms with Gasteiger partial charge in [0.15, 0.2) is 6.23 Å². The number of nitrogens with zero attached hydrogens (tertiary/aromatic N) is 2. The van der Waals surface area contributed by atoms with Gasteiger partial charge in [0, 0.05) is 29.3 Å². The number of benzene rings is 3. The third kappa shape index (κ3) is 3.30. The average molecular weight is 395 g/mol. The molecule has 3 aromatic carbocycles. The second-order valence-electron chi connectivity index (χ2n) is 8.36. The minimum absolute atomic E-state index is 0.111. The third-order valence-electron chi connectivity index (χ3n) is 5.88. The fourth-order valence-electron chi connectivity index (χ4n) is 4.21. The van der Waals surface area contributed by atoms with E-state index in [1.165, 1.54) is 22.4 Å². The van der Waals surface area contributed by atoms with E-state index in [2.05, 4.69) is 97.4 Å². The molecule has 1 aliphatic rings. The fourth-order valence-corrected chi connectivity index (χ4v) is 4.21. The van der Waals surface area contributed by atoms with Gasteiger partial charge in [0.25, 0.3) is 0 Å². The summed E-state index contributed by atoms with van der Waals surface area (Å²) in [5.74, 6) is 1.40. The van der Waals surface area contributed by atoms with Crippen molar-refractivity contribution in [1.82, 2.24) is 4.98 Å². The molecular weight excluding hydrogens is 368 g/mol. The topological polar surface area (TPSA) is 25.4 Å². The second-order valence-corrected chi connectivity index (χ2v) is 8.36. The van der Waals surface area contributed by atoms with Crippen molar-refractivity contribution in [2.75, 3.05) is 4.90 Å². The lowest BCUT2D eigenvalue weighted by molar-refractivity contribution is 0.217. The maximum atomic E-state index is 6.50. The Morgan fingerprint density at radius 1 is 0.933 bits per heavy atom. The number of aromatic nitrogens is 1. The summed E-state index contributed by atoms with van der Waals surface area (Å²) in [6.45, 7) is 6.54. The standard InChI is InChI=1S/C27H26N2O/c1-18(2)20-10-12-22(13-11-20)29-26(30-23-14-8-19(3)9-15-23)16-21-17-28-25-7-5-4-6-24(25)27(21)29/h4-15,17-18,26H,16H2,1-3H3. The van der Waals surface area contributed by atoms with Gasteiger partial charge in [-0.25, -0.2) is 0 Å². The molecule has 0 saturated heterocycles. The van der Waals surface area contributed by atoms with Gasteiger partial charge in [-0.3, -0.25) is 4.98 Å². The predicted octanol–water partition coefficient (Wildman–Crippen LogP) is 6.77. The zero-order valence-corrected chi connectivity index (χ0v) is 17.7. The molecule has 30 heavy (non-hydrogen) atoms. The van der Waals surface area contributed by atoms with Crippen molar-refractivity contribution in [3.63, 3.8) is 0 Å². The number of hydrogen-bond donors (Lipinski definition) is 0. The Hall–Kier alpha value is -3.33. The minimum Gasteiger partial charge on any atom is -0.470 e. The van der Waals surface area contributed by atoms with Crippen LogP contribution < -0.4 is 9.64 Å². The molecule has 1 unspecified atom stereocenters. The largest absolute Gasteiger partial charge is 0.470 e. The monoisotopic (exact) mass is 394 g/mol. The molecule has 0 spiro atoms. The SMILES string of the molecule is Cc1ccc(OC2Cc3cnc4ccccc4c3N2c2ccc(C(C)C)cc2)cc1. The Labute approximate surface area is 178 Å². The summed E-state index contributed by atoms with van der Waals surface area (Å²) in [7, 11) is 0. The van der Waals surface area contributed by atoms with Gasteiger partial charge in [-0.05, 0) is 48.7 Å². The van der Waals surface area contributed by atoms with Crippen molar-refractivity contribution >= 4 is 22.3 Å². The lowest BCUT2D eigenvalue weighted by atomic mass is 10.0. The van der Waals surface area contributed by atoms with Gasteiger partial charge in [0.2, 0.25) is 0 Å². The van der Waals surface area contributed by atoms with Crippen LogP contribution in [0.5, 0.6) is 5.75 Å². The number of fused-ring (bicyclic) bond motifs is 3. The number of pyridine rings is 1. The van der Waals surface area contributed by atoms with Crippen LogP contribution in [0.15, 0.2) is 79.0 Å². The van der Waals surface area contributed by atoms with Crippen molar-refractivity contribution in [1.29, 1.82) is 0 Å². The van der Waals surface area contributed by atoms with Gasteiger partial charge in [-0.2, -0.15) is 0 Å². The zero-order chi connectivity index (χ0) is 20.7. The van der Waals surface area contributed by atoms with Crippen molar-refractivity contribution in [2.45, 2.75) is 39.3 Å². The highest BCUT2D eigenvalue weighted by Gasteiger charge is 2.34. The Morgan fingerprint density at radius 3 is 2.40 bits per heavy atom. The van der Waals surface area contributed by atoms with Crippen molar-refractivity contribution in [3.8, 4) is 5.75 Å². The van der Waals surface area contributed by atoms with Crippen LogP contribution in [0.4, 0.5) is 11.4 Å². The molecule has 1 aliphatic heterocycles.